The minimum atomic E-state index is 0.452. The lowest BCUT2D eigenvalue weighted by Gasteiger charge is -2.17. The molecule has 2 bridgehead atoms. The SMILES string of the molecule is CC(C)NCc1nc(C2CC3CCC2C3)no1. The fourth-order valence-corrected chi connectivity index (χ4v) is 3.34. The lowest BCUT2D eigenvalue weighted by atomic mass is 9.88. The molecular weight excluding hydrogens is 214 g/mol. The Labute approximate surface area is 102 Å². The molecule has 0 radical (unpaired) electrons. The summed E-state index contributed by atoms with van der Waals surface area (Å²) in [5, 5.41) is 7.47. The number of rotatable bonds is 4. The van der Waals surface area contributed by atoms with Gasteiger partial charge in [-0.15, -0.1) is 0 Å². The van der Waals surface area contributed by atoms with Crippen LogP contribution in [0.1, 0.15) is 57.2 Å². The summed E-state index contributed by atoms with van der Waals surface area (Å²) in [6, 6.07) is 0.452. The number of nitrogens with zero attached hydrogens (tertiary/aromatic N) is 2. The first-order chi connectivity index (χ1) is 8.22. The lowest BCUT2D eigenvalue weighted by Crippen LogP contribution is -2.22. The van der Waals surface area contributed by atoms with Gasteiger partial charge in [0.05, 0.1) is 6.54 Å². The molecule has 0 aromatic carbocycles. The molecule has 2 aliphatic rings. The molecule has 17 heavy (non-hydrogen) atoms. The first-order valence-corrected chi connectivity index (χ1v) is 6.78. The molecule has 3 unspecified atom stereocenters. The first-order valence-electron chi connectivity index (χ1n) is 6.78. The van der Waals surface area contributed by atoms with Crippen molar-refractivity contribution in [3.8, 4) is 0 Å². The number of hydrogen-bond donors (Lipinski definition) is 1. The van der Waals surface area contributed by atoms with Gasteiger partial charge in [0.1, 0.15) is 0 Å². The Morgan fingerprint density at radius 2 is 2.24 bits per heavy atom. The van der Waals surface area contributed by atoms with Crippen LogP contribution < -0.4 is 5.32 Å². The van der Waals surface area contributed by atoms with E-state index in [1.54, 1.807) is 0 Å². The highest BCUT2D eigenvalue weighted by Crippen LogP contribution is 2.52. The monoisotopic (exact) mass is 235 g/mol. The molecule has 3 rings (SSSR count). The summed E-state index contributed by atoms with van der Waals surface area (Å²) in [6.07, 6.45) is 5.45. The van der Waals surface area contributed by atoms with Crippen molar-refractivity contribution in [2.24, 2.45) is 11.8 Å². The zero-order valence-electron chi connectivity index (χ0n) is 10.6. The van der Waals surface area contributed by atoms with Crippen LogP contribution in [0, 0.1) is 11.8 Å². The second-order valence-corrected chi connectivity index (χ2v) is 5.86. The van der Waals surface area contributed by atoms with Crippen molar-refractivity contribution in [1.82, 2.24) is 15.5 Å². The Bertz CT molecular complexity index is 388. The summed E-state index contributed by atoms with van der Waals surface area (Å²) in [7, 11) is 0. The molecule has 1 heterocycles. The number of fused-ring (bicyclic) bond motifs is 2. The van der Waals surface area contributed by atoms with E-state index in [2.05, 4.69) is 29.3 Å². The molecule has 4 nitrogen and oxygen atoms in total. The van der Waals surface area contributed by atoms with Crippen LogP contribution in [0.4, 0.5) is 0 Å². The molecule has 0 spiro atoms. The van der Waals surface area contributed by atoms with Gasteiger partial charge in [-0.3, -0.25) is 0 Å². The molecule has 1 N–H and O–H groups in total. The molecule has 0 amide bonds. The van der Waals surface area contributed by atoms with Crippen LogP contribution in [0.2, 0.25) is 0 Å². The number of aromatic nitrogens is 2. The normalized spacial score (nSPS) is 31.6. The van der Waals surface area contributed by atoms with Gasteiger partial charge in [-0.1, -0.05) is 25.4 Å². The van der Waals surface area contributed by atoms with Gasteiger partial charge in [0, 0.05) is 12.0 Å². The topological polar surface area (TPSA) is 51.0 Å². The zero-order chi connectivity index (χ0) is 11.8. The van der Waals surface area contributed by atoms with Crippen molar-refractivity contribution in [3.63, 3.8) is 0 Å². The van der Waals surface area contributed by atoms with E-state index in [9.17, 15) is 0 Å². The van der Waals surface area contributed by atoms with Crippen molar-refractivity contribution in [2.75, 3.05) is 0 Å². The minimum Gasteiger partial charge on any atom is -0.338 e. The van der Waals surface area contributed by atoms with Gasteiger partial charge in [0.2, 0.25) is 5.89 Å². The average Bonchev–Trinajstić information content (AvgIpc) is 3.01. The van der Waals surface area contributed by atoms with Gasteiger partial charge in [-0.25, -0.2) is 0 Å². The molecule has 3 atom stereocenters. The Balaban J connectivity index is 1.64. The van der Waals surface area contributed by atoms with Crippen LogP contribution in [-0.2, 0) is 6.54 Å². The Kier molecular flexibility index (Phi) is 2.90. The van der Waals surface area contributed by atoms with Crippen molar-refractivity contribution in [2.45, 2.75) is 58.0 Å². The van der Waals surface area contributed by atoms with Gasteiger partial charge in [0.15, 0.2) is 5.82 Å². The molecule has 1 aromatic rings. The Morgan fingerprint density at radius 3 is 2.88 bits per heavy atom. The van der Waals surface area contributed by atoms with E-state index in [0.717, 1.165) is 23.6 Å². The maximum atomic E-state index is 5.31. The van der Waals surface area contributed by atoms with Gasteiger partial charge in [0.25, 0.3) is 0 Å². The van der Waals surface area contributed by atoms with Crippen molar-refractivity contribution < 1.29 is 4.52 Å². The molecule has 2 fully saturated rings. The third-order valence-corrected chi connectivity index (χ3v) is 4.22. The van der Waals surface area contributed by atoms with Crippen LogP contribution >= 0.6 is 0 Å². The van der Waals surface area contributed by atoms with Gasteiger partial charge in [-0.2, -0.15) is 4.98 Å². The molecule has 0 aliphatic heterocycles. The molecule has 2 aliphatic carbocycles. The molecule has 0 saturated heterocycles. The largest absolute Gasteiger partial charge is 0.338 e. The van der Waals surface area contributed by atoms with Crippen LogP contribution in [0.25, 0.3) is 0 Å². The number of nitrogens with one attached hydrogen (secondary N) is 1. The van der Waals surface area contributed by atoms with Crippen LogP contribution in [-0.4, -0.2) is 16.2 Å². The zero-order valence-corrected chi connectivity index (χ0v) is 10.6. The summed E-state index contributed by atoms with van der Waals surface area (Å²) in [6.45, 7) is 4.92. The third kappa shape index (κ3) is 2.23. The third-order valence-electron chi connectivity index (χ3n) is 4.22. The van der Waals surface area contributed by atoms with Crippen molar-refractivity contribution in [1.29, 1.82) is 0 Å². The van der Waals surface area contributed by atoms with Crippen molar-refractivity contribution in [3.05, 3.63) is 11.7 Å². The Morgan fingerprint density at radius 1 is 1.35 bits per heavy atom. The minimum absolute atomic E-state index is 0.452. The van der Waals surface area contributed by atoms with Gasteiger partial charge >= 0.3 is 0 Å². The molecule has 1 aromatic heterocycles. The van der Waals surface area contributed by atoms with Gasteiger partial charge < -0.3 is 9.84 Å². The summed E-state index contributed by atoms with van der Waals surface area (Å²) in [5.74, 6) is 4.02. The second kappa shape index (κ2) is 4.41. The van der Waals surface area contributed by atoms with E-state index in [4.69, 9.17) is 4.52 Å². The van der Waals surface area contributed by atoms with Crippen LogP contribution in [0.3, 0.4) is 0 Å². The smallest absolute Gasteiger partial charge is 0.240 e. The van der Waals surface area contributed by atoms with Crippen LogP contribution in [0.5, 0.6) is 0 Å². The maximum Gasteiger partial charge on any atom is 0.240 e. The Hall–Kier alpha value is -0.900. The predicted molar refractivity (Wildman–Crippen MR) is 64.5 cm³/mol. The average molecular weight is 235 g/mol. The molecule has 4 heteroatoms. The van der Waals surface area contributed by atoms with Crippen molar-refractivity contribution >= 4 is 0 Å². The van der Waals surface area contributed by atoms with E-state index in [1.807, 2.05) is 0 Å². The molecule has 94 valence electrons. The summed E-state index contributed by atoms with van der Waals surface area (Å²) < 4.78 is 5.31. The van der Waals surface area contributed by atoms with Gasteiger partial charge in [-0.05, 0) is 31.1 Å². The quantitative estimate of drug-likeness (QED) is 0.871. The summed E-state index contributed by atoms with van der Waals surface area (Å²) >= 11 is 0. The summed E-state index contributed by atoms with van der Waals surface area (Å²) in [5.41, 5.74) is 0. The highest BCUT2D eigenvalue weighted by atomic mass is 16.5. The predicted octanol–water partition coefficient (Wildman–Crippen LogP) is 2.47. The van der Waals surface area contributed by atoms with Crippen LogP contribution in [0.15, 0.2) is 4.52 Å². The fraction of sp³-hybridized carbons (Fsp3) is 0.846. The van der Waals surface area contributed by atoms with E-state index in [1.165, 1.54) is 25.7 Å². The standard InChI is InChI=1S/C13H21N3O/c1-8(2)14-7-12-15-13(16-17-12)11-6-9-3-4-10(11)5-9/h8-11,14H,3-7H2,1-2H3. The lowest BCUT2D eigenvalue weighted by molar-refractivity contribution is 0.342. The van der Waals surface area contributed by atoms with E-state index in [0.29, 0.717) is 18.5 Å². The number of hydrogen-bond acceptors (Lipinski definition) is 4. The van der Waals surface area contributed by atoms with E-state index < -0.39 is 0 Å². The molecule has 2 saturated carbocycles. The fourth-order valence-electron chi connectivity index (χ4n) is 3.34. The highest BCUT2D eigenvalue weighted by Gasteiger charge is 2.42. The highest BCUT2D eigenvalue weighted by molar-refractivity contribution is 5.06. The first kappa shape index (κ1) is 11.2. The second-order valence-electron chi connectivity index (χ2n) is 5.86. The summed E-state index contributed by atoms with van der Waals surface area (Å²) in [4.78, 5) is 4.54. The molecular formula is C13H21N3O. The maximum absolute atomic E-state index is 5.31. The van der Waals surface area contributed by atoms with E-state index in [-0.39, 0.29) is 0 Å². The van der Waals surface area contributed by atoms with E-state index >= 15 is 0 Å².